The highest BCUT2D eigenvalue weighted by Gasteiger charge is 2.51. The van der Waals surface area contributed by atoms with Crippen molar-refractivity contribution in [2.24, 2.45) is 5.73 Å². The molecule has 4 rings (SSSR count). The number of carbonyl (C=O) groups is 2. The van der Waals surface area contributed by atoms with E-state index in [0.717, 1.165) is 6.92 Å². The van der Waals surface area contributed by atoms with Gasteiger partial charge < -0.3 is 21.3 Å². The van der Waals surface area contributed by atoms with Gasteiger partial charge in [-0.3, -0.25) is 9.59 Å². The molecule has 0 bridgehead atoms. The molecule has 0 aliphatic heterocycles. The number of amides is 2. The number of phenolic OH excluding ortho intramolecular Hbond substituents is 2. The van der Waals surface area contributed by atoms with Crippen molar-refractivity contribution >= 4 is 17.5 Å². The Morgan fingerprint density at radius 2 is 1.73 bits per heavy atom. The van der Waals surface area contributed by atoms with Crippen LogP contribution in [0.2, 0.25) is 0 Å². The quantitative estimate of drug-likeness (QED) is 0.408. The maximum atomic E-state index is 14.5. The summed E-state index contributed by atoms with van der Waals surface area (Å²) >= 11 is 0. The third-order valence-electron chi connectivity index (χ3n) is 5.92. The Balaban J connectivity index is 1.67. The largest absolute Gasteiger partial charge is 0.504 e. The fourth-order valence-corrected chi connectivity index (χ4v) is 3.92. The molecule has 0 radical (unpaired) electrons. The SMILES string of the molecule is CC(F)(F)c1cc(NC(=O)C2(c3ccc(O)c(O)c3)CC2)ccc1-c1cccc(C(N)=O)c1. The van der Waals surface area contributed by atoms with E-state index in [2.05, 4.69) is 5.32 Å². The number of rotatable bonds is 6. The smallest absolute Gasteiger partial charge is 0.271 e. The summed E-state index contributed by atoms with van der Waals surface area (Å²) in [4.78, 5) is 24.5. The number of phenols is 2. The Morgan fingerprint density at radius 1 is 1.00 bits per heavy atom. The number of carbonyl (C=O) groups excluding carboxylic acids is 2. The Bertz CT molecular complexity index is 1260. The third-order valence-corrected chi connectivity index (χ3v) is 5.92. The van der Waals surface area contributed by atoms with Crippen molar-refractivity contribution in [3.05, 3.63) is 77.4 Å². The fourth-order valence-electron chi connectivity index (χ4n) is 3.92. The number of aromatic hydroxyl groups is 2. The average Bonchev–Trinajstić information content (AvgIpc) is 3.57. The lowest BCUT2D eigenvalue weighted by molar-refractivity contribution is -0.118. The molecule has 2 amide bonds. The Labute approximate surface area is 188 Å². The molecule has 3 aromatic rings. The monoisotopic (exact) mass is 452 g/mol. The van der Waals surface area contributed by atoms with Crippen molar-refractivity contribution in [1.29, 1.82) is 0 Å². The molecule has 0 unspecified atom stereocenters. The van der Waals surface area contributed by atoms with Gasteiger partial charge in [0.05, 0.1) is 5.41 Å². The minimum atomic E-state index is -3.22. The lowest BCUT2D eigenvalue weighted by atomic mass is 9.93. The average molecular weight is 452 g/mol. The predicted molar refractivity (Wildman–Crippen MR) is 119 cm³/mol. The van der Waals surface area contributed by atoms with Crippen LogP contribution in [-0.4, -0.2) is 22.0 Å². The van der Waals surface area contributed by atoms with E-state index < -0.39 is 17.2 Å². The first-order valence-corrected chi connectivity index (χ1v) is 10.3. The van der Waals surface area contributed by atoms with E-state index >= 15 is 0 Å². The zero-order valence-corrected chi connectivity index (χ0v) is 17.7. The van der Waals surface area contributed by atoms with Crippen molar-refractivity contribution in [1.82, 2.24) is 0 Å². The molecular formula is C25H22F2N2O4. The van der Waals surface area contributed by atoms with E-state index in [0.29, 0.717) is 24.0 Å². The summed E-state index contributed by atoms with van der Waals surface area (Å²) < 4.78 is 29.0. The molecule has 0 saturated heterocycles. The number of primary amides is 1. The van der Waals surface area contributed by atoms with Crippen molar-refractivity contribution < 1.29 is 28.6 Å². The lowest BCUT2D eigenvalue weighted by Crippen LogP contribution is -2.28. The molecule has 6 nitrogen and oxygen atoms in total. The van der Waals surface area contributed by atoms with Crippen LogP contribution >= 0.6 is 0 Å². The molecule has 170 valence electrons. The number of nitrogens with two attached hydrogens (primary N) is 1. The number of nitrogens with one attached hydrogen (secondary N) is 1. The molecule has 5 N–H and O–H groups in total. The topological polar surface area (TPSA) is 113 Å². The van der Waals surface area contributed by atoms with Gasteiger partial charge in [0.1, 0.15) is 0 Å². The minimum Gasteiger partial charge on any atom is -0.504 e. The van der Waals surface area contributed by atoms with E-state index in [1.54, 1.807) is 18.2 Å². The summed E-state index contributed by atoms with van der Waals surface area (Å²) in [6.07, 6.45) is 1.05. The first-order valence-electron chi connectivity index (χ1n) is 10.3. The number of hydrogen-bond acceptors (Lipinski definition) is 4. The molecule has 8 heteroatoms. The Hall–Kier alpha value is -3.94. The molecule has 33 heavy (non-hydrogen) atoms. The number of alkyl halides is 2. The molecule has 0 aromatic heterocycles. The van der Waals surface area contributed by atoms with Crippen LogP contribution in [0.15, 0.2) is 60.7 Å². The molecular weight excluding hydrogens is 430 g/mol. The van der Waals surface area contributed by atoms with Crippen LogP contribution < -0.4 is 11.1 Å². The molecule has 1 saturated carbocycles. The van der Waals surface area contributed by atoms with Crippen LogP contribution in [0.4, 0.5) is 14.5 Å². The summed E-state index contributed by atoms with van der Waals surface area (Å²) in [6.45, 7) is 0.761. The summed E-state index contributed by atoms with van der Waals surface area (Å²) in [5.41, 5.74) is 5.65. The van der Waals surface area contributed by atoms with Crippen molar-refractivity contribution in [2.75, 3.05) is 5.32 Å². The summed E-state index contributed by atoms with van der Waals surface area (Å²) in [6, 6.07) is 14.5. The van der Waals surface area contributed by atoms with Crippen molar-refractivity contribution in [2.45, 2.75) is 31.1 Å². The zero-order valence-electron chi connectivity index (χ0n) is 17.7. The highest BCUT2D eigenvalue weighted by molar-refractivity contribution is 6.02. The van der Waals surface area contributed by atoms with Crippen molar-refractivity contribution in [3.63, 3.8) is 0 Å². The van der Waals surface area contributed by atoms with Crippen molar-refractivity contribution in [3.8, 4) is 22.6 Å². The molecule has 0 atom stereocenters. The Morgan fingerprint density at radius 3 is 2.33 bits per heavy atom. The number of benzene rings is 3. The van der Waals surface area contributed by atoms with Crippen LogP contribution in [0.25, 0.3) is 11.1 Å². The van der Waals surface area contributed by atoms with Gasteiger partial charge in [-0.25, -0.2) is 8.78 Å². The van der Waals surface area contributed by atoms with Gasteiger partial charge in [-0.05, 0) is 65.9 Å². The fraction of sp³-hybridized carbons (Fsp3) is 0.200. The number of anilines is 1. The van der Waals surface area contributed by atoms with Gasteiger partial charge in [-0.1, -0.05) is 24.3 Å². The maximum Gasteiger partial charge on any atom is 0.271 e. The third kappa shape index (κ3) is 4.24. The molecule has 1 aliphatic carbocycles. The standard InChI is InChI=1S/C25H22F2N2O4/c1-24(26,27)19-13-17(6-7-18(19)14-3-2-4-15(11-14)22(28)32)29-23(33)25(9-10-25)16-5-8-20(30)21(31)12-16/h2-8,11-13,30-31H,9-10H2,1H3,(H2,28,32)(H,29,33). The molecule has 1 aliphatic rings. The Kier molecular flexibility index (Phi) is 5.32. The molecule has 0 heterocycles. The second kappa shape index (κ2) is 7.88. The van der Waals surface area contributed by atoms with Gasteiger partial charge in [0.15, 0.2) is 11.5 Å². The highest BCUT2D eigenvalue weighted by atomic mass is 19.3. The van der Waals surface area contributed by atoms with Gasteiger partial charge in [0.25, 0.3) is 5.92 Å². The zero-order chi connectivity index (χ0) is 24.0. The van der Waals surface area contributed by atoms with Crippen LogP contribution in [0.1, 0.15) is 41.3 Å². The number of halogens is 2. The normalized spacial score (nSPS) is 14.5. The van der Waals surface area contributed by atoms with Crippen LogP contribution in [0.3, 0.4) is 0 Å². The molecule has 1 fully saturated rings. The van der Waals surface area contributed by atoms with Gasteiger partial charge in [0, 0.05) is 23.7 Å². The second-order valence-corrected chi connectivity index (χ2v) is 8.33. The summed E-state index contributed by atoms with van der Waals surface area (Å²) in [5.74, 6) is -4.90. The van der Waals surface area contributed by atoms with Gasteiger partial charge in [0.2, 0.25) is 11.8 Å². The van der Waals surface area contributed by atoms with Crippen LogP contribution in [-0.2, 0) is 16.1 Å². The maximum absolute atomic E-state index is 14.5. The van der Waals surface area contributed by atoms with Gasteiger partial charge >= 0.3 is 0 Å². The summed E-state index contributed by atoms with van der Waals surface area (Å²) in [5, 5.41) is 22.0. The minimum absolute atomic E-state index is 0.195. The van der Waals surface area contributed by atoms with E-state index in [-0.39, 0.29) is 39.8 Å². The second-order valence-electron chi connectivity index (χ2n) is 8.33. The van der Waals surface area contributed by atoms with E-state index in [1.807, 2.05) is 0 Å². The lowest BCUT2D eigenvalue weighted by Gasteiger charge is -2.20. The summed E-state index contributed by atoms with van der Waals surface area (Å²) in [7, 11) is 0. The number of hydrogen-bond donors (Lipinski definition) is 4. The van der Waals surface area contributed by atoms with E-state index in [1.165, 1.54) is 42.5 Å². The van der Waals surface area contributed by atoms with E-state index in [4.69, 9.17) is 5.73 Å². The van der Waals surface area contributed by atoms with E-state index in [9.17, 15) is 28.6 Å². The predicted octanol–water partition coefficient (Wildman–Crippen LogP) is 4.65. The molecule has 3 aromatic carbocycles. The van der Waals surface area contributed by atoms with Crippen LogP contribution in [0, 0.1) is 0 Å². The van der Waals surface area contributed by atoms with Gasteiger partial charge in [-0.2, -0.15) is 0 Å². The first-order chi connectivity index (χ1) is 15.5. The molecule has 0 spiro atoms. The highest BCUT2D eigenvalue weighted by Crippen LogP contribution is 2.50. The van der Waals surface area contributed by atoms with Crippen LogP contribution in [0.5, 0.6) is 11.5 Å². The van der Waals surface area contributed by atoms with Gasteiger partial charge in [-0.15, -0.1) is 0 Å². The first kappa shape index (κ1) is 22.3.